The van der Waals surface area contributed by atoms with E-state index in [1.54, 1.807) is 18.2 Å². The van der Waals surface area contributed by atoms with Gasteiger partial charge in [0.2, 0.25) is 11.8 Å². The predicted octanol–water partition coefficient (Wildman–Crippen LogP) is 2.39. The van der Waals surface area contributed by atoms with E-state index in [9.17, 15) is 9.59 Å². The summed E-state index contributed by atoms with van der Waals surface area (Å²) in [5.41, 5.74) is 7.01. The lowest BCUT2D eigenvalue weighted by Gasteiger charge is -2.20. The molecule has 1 aromatic rings. The highest BCUT2D eigenvalue weighted by Crippen LogP contribution is 2.14. The topological polar surface area (TPSA) is 75.4 Å². The van der Waals surface area contributed by atoms with Crippen molar-refractivity contribution in [3.8, 4) is 0 Å². The van der Waals surface area contributed by atoms with Crippen molar-refractivity contribution < 1.29 is 9.59 Å². The maximum Gasteiger partial charge on any atom is 0.224 e. The zero-order valence-electron chi connectivity index (χ0n) is 12.3. The average Bonchev–Trinajstić information content (AvgIpc) is 2.64. The van der Waals surface area contributed by atoms with Crippen molar-refractivity contribution in [3.05, 3.63) is 24.3 Å². The number of carbonyl (C=O) groups excluding carboxylic acids is 2. The van der Waals surface area contributed by atoms with Crippen LogP contribution in [0, 0.1) is 0 Å². The molecule has 0 spiro atoms. The van der Waals surface area contributed by atoms with Crippen LogP contribution in [0.15, 0.2) is 24.3 Å². The minimum Gasteiger partial charge on any atom is -0.399 e. The van der Waals surface area contributed by atoms with Gasteiger partial charge in [-0.25, -0.2) is 0 Å². The lowest BCUT2D eigenvalue weighted by molar-refractivity contribution is -0.131. The van der Waals surface area contributed by atoms with Gasteiger partial charge in [0.1, 0.15) is 0 Å². The zero-order chi connectivity index (χ0) is 15.1. The summed E-state index contributed by atoms with van der Waals surface area (Å²) in [6.45, 7) is 1.50. The van der Waals surface area contributed by atoms with Crippen molar-refractivity contribution >= 4 is 23.2 Å². The molecule has 1 aromatic carbocycles. The Kier molecular flexibility index (Phi) is 5.60. The number of anilines is 2. The second-order valence-electron chi connectivity index (χ2n) is 5.47. The van der Waals surface area contributed by atoms with Gasteiger partial charge in [-0.15, -0.1) is 0 Å². The van der Waals surface area contributed by atoms with Crippen LogP contribution in [-0.2, 0) is 9.59 Å². The second kappa shape index (κ2) is 7.67. The van der Waals surface area contributed by atoms with Crippen LogP contribution in [0.25, 0.3) is 0 Å². The Labute approximate surface area is 125 Å². The van der Waals surface area contributed by atoms with Gasteiger partial charge in [-0.05, 0) is 37.5 Å². The van der Waals surface area contributed by atoms with Crippen LogP contribution in [0.1, 0.15) is 38.5 Å². The molecule has 0 unspecified atom stereocenters. The van der Waals surface area contributed by atoms with Crippen LogP contribution < -0.4 is 11.1 Å². The molecule has 21 heavy (non-hydrogen) atoms. The average molecular weight is 289 g/mol. The fourth-order valence-electron chi connectivity index (χ4n) is 2.55. The summed E-state index contributed by atoms with van der Waals surface area (Å²) in [6.07, 6.45) is 4.94. The number of hydrogen-bond acceptors (Lipinski definition) is 3. The van der Waals surface area contributed by atoms with Crippen molar-refractivity contribution in [1.82, 2.24) is 4.90 Å². The minimum absolute atomic E-state index is 0.0390. The molecule has 3 N–H and O–H groups in total. The fourth-order valence-corrected chi connectivity index (χ4v) is 2.55. The van der Waals surface area contributed by atoms with E-state index in [0.29, 0.717) is 37.2 Å². The molecule has 0 atom stereocenters. The Bertz CT molecular complexity index is 502. The lowest BCUT2D eigenvalue weighted by atomic mass is 10.2. The van der Waals surface area contributed by atoms with Gasteiger partial charge in [0.15, 0.2) is 0 Å². The number of likely N-dealkylation sites (tertiary alicyclic amines) is 1. The molecule has 5 nitrogen and oxygen atoms in total. The van der Waals surface area contributed by atoms with Gasteiger partial charge in [-0.1, -0.05) is 12.5 Å². The van der Waals surface area contributed by atoms with E-state index in [2.05, 4.69) is 5.32 Å². The number of amides is 2. The van der Waals surface area contributed by atoms with E-state index in [-0.39, 0.29) is 11.8 Å². The molecule has 1 saturated heterocycles. The monoisotopic (exact) mass is 289 g/mol. The molecule has 0 aromatic heterocycles. The van der Waals surface area contributed by atoms with Gasteiger partial charge in [-0.2, -0.15) is 0 Å². The normalized spacial score (nSPS) is 15.6. The lowest BCUT2D eigenvalue weighted by Crippen LogP contribution is -2.31. The van der Waals surface area contributed by atoms with Crippen molar-refractivity contribution in [1.29, 1.82) is 0 Å². The molecule has 2 amide bonds. The predicted molar refractivity (Wildman–Crippen MR) is 83.8 cm³/mol. The highest BCUT2D eigenvalue weighted by molar-refractivity contribution is 5.91. The third-order valence-corrected chi connectivity index (χ3v) is 3.67. The molecule has 0 aliphatic carbocycles. The van der Waals surface area contributed by atoms with Gasteiger partial charge in [0, 0.05) is 37.3 Å². The van der Waals surface area contributed by atoms with Gasteiger partial charge < -0.3 is 16.0 Å². The minimum atomic E-state index is -0.0390. The Balaban J connectivity index is 1.72. The second-order valence-corrected chi connectivity index (χ2v) is 5.47. The summed E-state index contributed by atoms with van der Waals surface area (Å²) in [5, 5.41) is 2.82. The Morgan fingerprint density at radius 2 is 2.14 bits per heavy atom. The first-order chi connectivity index (χ1) is 10.1. The number of rotatable bonds is 5. The van der Waals surface area contributed by atoms with E-state index in [1.165, 1.54) is 0 Å². The third-order valence-electron chi connectivity index (χ3n) is 3.67. The molecule has 1 aliphatic rings. The third kappa shape index (κ3) is 5.10. The summed E-state index contributed by atoms with van der Waals surface area (Å²) in [6, 6.07) is 7.13. The van der Waals surface area contributed by atoms with E-state index < -0.39 is 0 Å². The smallest absolute Gasteiger partial charge is 0.224 e. The number of nitrogens with two attached hydrogens (primary N) is 1. The zero-order valence-corrected chi connectivity index (χ0v) is 12.3. The van der Waals surface area contributed by atoms with Crippen LogP contribution in [-0.4, -0.2) is 29.8 Å². The molecule has 1 heterocycles. The van der Waals surface area contributed by atoms with E-state index in [1.807, 2.05) is 11.0 Å². The first-order valence-corrected chi connectivity index (χ1v) is 7.58. The first-order valence-electron chi connectivity index (χ1n) is 7.58. The van der Waals surface area contributed by atoms with Crippen LogP contribution in [0.2, 0.25) is 0 Å². The van der Waals surface area contributed by atoms with Gasteiger partial charge in [0.25, 0.3) is 0 Å². The summed E-state index contributed by atoms with van der Waals surface area (Å²) < 4.78 is 0. The fraction of sp³-hybridized carbons (Fsp3) is 0.500. The number of benzene rings is 1. The number of carbonyl (C=O) groups is 2. The maximum atomic E-state index is 11.9. The van der Waals surface area contributed by atoms with Crippen LogP contribution in [0.3, 0.4) is 0 Å². The number of nitrogens with zero attached hydrogens (tertiary/aromatic N) is 1. The molecule has 5 heteroatoms. The largest absolute Gasteiger partial charge is 0.399 e. The summed E-state index contributed by atoms with van der Waals surface area (Å²) >= 11 is 0. The quantitative estimate of drug-likeness (QED) is 0.817. The van der Waals surface area contributed by atoms with Gasteiger partial charge >= 0.3 is 0 Å². The van der Waals surface area contributed by atoms with E-state index in [0.717, 1.165) is 25.8 Å². The van der Waals surface area contributed by atoms with Crippen molar-refractivity contribution in [2.24, 2.45) is 0 Å². The first kappa shape index (κ1) is 15.4. The molecule has 1 fully saturated rings. The number of hydrogen-bond donors (Lipinski definition) is 2. The molecular formula is C16H23N3O2. The van der Waals surface area contributed by atoms with Gasteiger partial charge in [-0.3, -0.25) is 9.59 Å². The van der Waals surface area contributed by atoms with Crippen molar-refractivity contribution in [2.45, 2.75) is 38.5 Å². The molecule has 0 radical (unpaired) electrons. The van der Waals surface area contributed by atoms with Crippen LogP contribution in [0.5, 0.6) is 0 Å². The maximum absolute atomic E-state index is 11.9. The highest BCUT2D eigenvalue weighted by Gasteiger charge is 2.16. The van der Waals surface area contributed by atoms with E-state index >= 15 is 0 Å². The van der Waals surface area contributed by atoms with Crippen LogP contribution in [0.4, 0.5) is 11.4 Å². The van der Waals surface area contributed by atoms with Crippen molar-refractivity contribution in [2.75, 3.05) is 24.1 Å². The summed E-state index contributed by atoms with van der Waals surface area (Å²) in [7, 11) is 0. The van der Waals surface area contributed by atoms with Gasteiger partial charge in [0.05, 0.1) is 0 Å². The van der Waals surface area contributed by atoms with Crippen LogP contribution >= 0.6 is 0 Å². The molecule has 0 bridgehead atoms. The molecular weight excluding hydrogens is 266 g/mol. The number of nitrogen functional groups attached to an aromatic ring is 1. The highest BCUT2D eigenvalue weighted by atomic mass is 16.2. The SMILES string of the molecule is Nc1cccc(NC(=O)CCCN2CCCCCC2=O)c1. The molecule has 114 valence electrons. The number of nitrogens with one attached hydrogen (secondary N) is 1. The Morgan fingerprint density at radius 1 is 1.29 bits per heavy atom. The standard InChI is InChI=1S/C16H23N3O2/c17-13-6-4-7-14(12-13)18-15(20)8-5-11-19-10-3-1-2-9-16(19)21/h4,6-7,12H,1-3,5,8-11,17H2,(H,18,20). The molecule has 0 saturated carbocycles. The Morgan fingerprint density at radius 3 is 2.95 bits per heavy atom. The molecule has 2 rings (SSSR count). The summed E-state index contributed by atoms with van der Waals surface area (Å²) in [5.74, 6) is 0.187. The summed E-state index contributed by atoms with van der Waals surface area (Å²) in [4.78, 5) is 25.6. The van der Waals surface area contributed by atoms with E-state index in [4.69, 9.17) is 5.73 Å². The Hall–Kier alpha value is -2.04. The molecule has 1 aliphatic heterocycles. The van der Waals surface area contributed by atoms with Crippen molar-refractivity contribution in [3.63, 3.8) is 0 Å².